The van der Waals surface area contributed by atoms with Crippen molar-refractivity contribution in [1.82, 2.24) is 14.3 Å². The molecule has 0 unspecified atom stereocenters. The quantitative estimate of drug-likeness (QED) is 0.735. The Balaban J connectivity index is 2.04. The number of fused-ring (bicyclic) bond motifs is 1. The highest BCUT2D eigenvalue weighted by Crippen LogP contribution is 2.35. The molecular weight excluding hydrogens is 385 g/mol. The van der Waals surface area contributed by atoms with E-state index in [0.29, 0.717) is 16.8 Å². The van der Waals surface area contributed by atoms with E-state index in [2.05, 4.69) is 10.4 Å². The van der Waals surface area contributed by atoms with Crippen LogP contribution >= 0.6 is 11.6 Å². The molecule has 3 rings (SSSR count). The summed E-state index contributed by atoms with van der Waals surface area (Å²) in [6.07, 6.45) is -4.71. The maximum absolute atomic E-state index is 13.3. The van der Waals surface area contributed by atoms with E-state index in [9.17, 15) is 22.8 Å². The number of carbonyl (C=O) groups excluding carboxylic acids is 1. The number of nitrogens with one attached hydrogen (secondary N) is 1. The molecule has 0 aliphatic carbocycles. The van der Waals surface area contributed by atoms with Crippen LogP contribution in [-0.4, -0.2) is 20.3 Å². The molecule has 0 atom stereocenters. The van der Waals surface area contributed by atoms with Gasteiger partial charge in [0.2, 0.25) is 5.91 Å². The summed E-state index contributed by atoms with van der Waals surface area (Å²) in [7, 11) is 1.42. The van der Waals surface area contributed by atoms with Crippen molar-refractivity contribution in [3.63, 3.8) is 0 Å². The van der Waals surface area contributed by atoms with Crippen molar-refractivity contribution in [3.8, 4) is 0 Å². The van der Waals surface area contributed by atoms with Crippen LogP contribution < -0.4 is 10.9 Å². The number of hydrogen-bond donors (Lipinski definition) is 1. The predicted octanol–water partition coefficient (Wildman–Crippen LogP) is 3.35. The van der Waals surface area contributed by atoms with E-state index < -0.39 is 29.8 Å². The number of nitrogens with zero attached hydrogens (tertiary/aromatic N) is 3. The molecule has 2 heterocycles. The Kier molecular flexibility index (Phi) is 4.73. The molecule has 1 amide bonds. The van der Waals surface area contributed by atoms with Crippen LogP contribution in [0.15, 0.2) is 35.1 Å². The monoisotopic (exact) mass is 398 g/mol. The van der Waals surface area contributed by atoms with Crippen LogP contribution in [0.2, 0.25) is 5.02 Å². The molecule has 142 valence electrons. The number of alkyl halides is 3. The second-order valence-corrected chi connectivity index (χ2v) is 6.38. The molecule has 0 saturated carbocycles. The van der Waals surface area contributed by atoms with Gasteiger partial charge in [-0.2, -0.15) is 18.3 Å². The fraction of sp³-hybridized carbons (Fsp3) is 0.235. The summed E-state index contributed by atoms with van der Waals surface area (Å²) in [5.41, 5.74) is -1.52. The lowest BCUT2D eigenvalue weighted by atomic mass is 10.1. The molecule has 0 aliphatic rings. The third-order valence-corrected chi connectivity index (χ3v) is 4.24. The van der Waals surface area contributed by atoms with Crippen LogP contribution in [0.3, 0.4) is 0 Å². The minimum Gasteiger partial charge on any atom is -0.325 e. The highest BCUT2D eigenvalue weighted by Gasteiger charge is 2.36. The molecule has 0 aliphatic heterocycles. The fourth-order valence-electron chi connectivity index (χ4n) is 2.90. The summed E-state index contributed by atoms with van der Waals surface area (Å²) >= 11 is 5.78. The summed E-state index contributed by atoms with van der Waals surface area (Å²) in [6.45, 7) is 0.954. The third kappa shape index (κ3) is 3.68. The van der Waals surface area contributed by atoms with Crippen molar-refractivity contribution >= 4 is 34.2 Å². The zero-order valence-electron chi connectivity index (χ0n) is 14.3. The Morgan fingerprint density at radius 3 is 2.48 bits per heavy atom. The van der Waals surface area contributed by atoms with Crippen molar-refractivity contribution in [2.24, 2.45) is 7.05 Å². The number of aromatic nitrogens is 3. The maximum Gasteiger partial charge on any atom is 0.417 e. The van der Waals surface area contributed by atoms with Gasteiger partial charge in [-0.3, -0.25) is 18.8 Å². The summed E-state index contributed by atoms with van der Waals surface area (Å²) < 4.78 is 42.1. The van der Waals surface area contributed by atoms with Crippen LogP contribution in [0.25, 0.3) is 11.0 Å². The number of benzene rings is 1. The third-order valence-electron chi connectivity index (χ3n) is 3.99. The Morgan fingerprint density at radius 1 is 1.26 bits per heavy atom. The van der Waals surface area contributed by atoms with Crippen LogP contribution in [-0.2, 0) is 24.6 Å². The van der Waals surface area contributed by atoms with Crippen molar-refractivity contribution in [2.45, 2.75) is 19.6 Å². The van der Waals surface area contributed by atoms with Gasteiger partial charge in [0.05, 0.1) is 16.6 Å². The van der Waals surface area contributed by atoms with E-state index in [1.807, 2.05) is 0 Å². The minimum atomic E-state index is -4.71. The highest BCUT2D eigenvalue weighted by atomic mass is 35.5. The van der Waals surface area contributed by atoms with Gasteiger partial charge in [0.15, 0.2) is 0 Å². The number of aryl methyl sites for hydroxylation is 2. The molecule has 27 heavy (non-hydrogen) atoms. The van der Waals surface area contributed by atoms with Gasteiger partial charge in [-0.25, -0.2) is 0 Å². The zero-order valence-corrected chi connectivity index (χ0v) is 15.0. The summed E-state index contributed by atoms with van der Waals surface area (Å²) in [5, 5.41) is 6.83. The number of rotatable bonds is 3. The van der Waals surface area contributed by atoms with E-state index in [1.165, 1.54) is 14.0 Å². The van der Waals surface area contributed by atoms with Gasteiger partial charge < -0.3 is 5.32 Å². The highest BCUT2D eigenvalue weighted by molar-refractivity contribution is 6.30. The lowest BCUT2D eigenvalue weighted by Gasteiger charge is -2.13. The van der Waals surface area contributed by atoms with Crippen molar-refractivity contribution in [2.75, 3.05) is 5.32 Å². The molecule has 0 saturated heterocycles. The van der Waals surface area contributed by atoms with Gasteiger partial charge in [-0.15, -0.1) is 0 Å². The molecule has 1 N–H and O–H groups in total. The number of halogens is 4. The van der Waals surface area contributed by atoms with Gasteiger partial charge in [0, 0.05) is 23.8 Å². The topological polar surface area (TPSA) is 68.9 Å². The van der Waals surface area contributed by atoms with Crippen molar-refractivity contribution in [3.05, 3.63) is 57.0 Å². The molecule has 3 aromatic rings. The Labute approximate surface area is 156 Å². The molecule has 0 radical (unpaired) electrons. The van der Waals surface area contributed by atoms with Crippen molar-refractivity contribution < 1.29 is 18.0 Å². The van der Waals surface area contributed by atoms with Crippen LogP contribution in [0.5, 0.6) is 0 Å². The number of amides is 1. The van der Waals surface area contributed by atoms with E-state index in [0.717, 1.165) is 9.25 Å². The Morgan fingerprint density at radius 2 is 1.89 bits per heavy atom. The van der Waals surface area contributed by atoms with E-state index in [1.54, 1.807) is 24.3 Å². The molecule has 1 aromatic carbocycles. The number of hydrogen-bond acceptors (Lipinski definition) is 3. The summed E-state index contributed by atoms with van der Waals surface area (Å²) in [5.74, 6) is -0.570. The van der Waals surface area contributed by atoms with Gasteiger partial charge in [0.25, 0.3) is 5.56 Å². The SMILES string of the molecule is Cc1nn(C)c2c1c(C(F)(F)F)cc(=O)n2CC(=O)Nc1ccc(Cl)cc1. The molecule has 6 nitrogen and oxygen atoms in total. The van der Waals surface area contributed by atoms with Gasteiger partial charge in [-0.05, 0) is 31.2 Å². The van der Waals surface area contributed by atoms with E-state index in [-0.39, 0.29) is 16.7 Å². The normalized spacial score (nSPS) is 11.8. The lowest BCUT2D eigenvalue weighted by molar-refractivity contribution is -0.136. The summed E-state index contributed by atoms with van der Waals surface area (Å²) in [4.78, 5) is 24.6. The van der Waals surface area contributed by atoms with Gasteiger partial charge in [0.1, 0.15) is 12.2 Å². The lowest BCUT2D eigenvalue weighted by Crippen LogP contribution is -2.30. The van der Waals surface area contributed by atoms with Crippen molar-refractivity contribution in [1.29, 1.82) is 0 Å². The molecule has 10 heteroatoms. The number of anilines is 1. The number of carbonyl (C=O) groups is 1. The average Bonchev–Trinajstić information content (AvgIpc) is 2.85. The molecule has 0 fully saturated rings. The largest absolute Gasteiger partial charge is 0.417 e. The smallest absolute Gasteiger partial charge is 0.325 e. The Hall–Kier alpha value is -2.81. The molecule has 2 aromatic heterocycles. The van der Waals surface area contributed by atoms with E-state index in [4.69, 9.17) is 11.6 Å². The first kappa shape index (κ1) is 19.0. The Bertz CT molecular complexity index is 1080. The van der Waals surface area contributed by atoms with Crippen LogP contribution in [0.4, 0.5) is 18.9 Å². The standard InChI is InChI=1S/C17H14ClF3N4O2/c1-9-15-12(17(19,20)21)7-14(27)25(16(15)24(2)23-9)8-13(26)22-11-5-3-10(18)4-6-11/h3-7H,8H2,1-2H3,(H,22,26). The summed E-state index contributed by atoms with van der Waals surface area (Å²) in [6, 6.07) is 6.78. The fourth-order valence-corrected chi connectivity index (χ4v) is 3.03. The predicted molar refractivity (Wildman–Crippen MR) is 94.8 cm³/mol. The molecule has 0 spiro atoms. The minimum absolute atomic E-state index is 0.0708. The molecule has 0 bridgehead atoms. The van der Waals surface area contributed by atoms with E-state index >= 15 is 0 Å². The van der Waals surface area contributed by atoms with Gasteiger partial charge >= 0.3 is 6.18 Å². The number of pyridine rings is 1. The van der Waals surface area contributed by atoms with Crippen LogP contribution in [0, 0.1) is 6.92 Å². The first-order valence-corrected chi connectivity index (χ1v) is 8.15. The average molecular weight is 399 g/mol. The second-order valence-electron chi connectivity index (χ2n) is 5.94. The zero-order chi connectivity index (χ0) is 19.9. The second kappa shape index (κ2) is 6.73. The van der Waals surface area contributed by atoms with Gasteiger partial charge in [-0.1, -0.05) is 11.6 Å². The first-order valence-electron chi connectivity index (χ1n) is 7.77. The maximum atomic E-state index is 13.3. The first-order chi connectivity index (χ1) is 12.6. The van der Waals surface area contributed by atoms with Crippen LogP contribution in [0.1, 0.15) is 11.3 Å². The molecular formula is C17H14ClF3N4O2.